The molecule has 4 rings (SSSR count). The van der Waals surface area contributed by atoms with E-state index >= 15 is 0 Å². The van der Waals surface area contributed by atoms with Gasteiger partial charge in [-0.05, 0) is 102 Å². The van der Waals surface area contributed by atoms with E-state index in [-0.39, 0.29) is 23.8 Å². The number of pyridine rings is 1. The zero-order valence-electron chi connectivity index (χ0n) is 28.8. The highest BCUT2D eigenvalue weighted by atomic mass is 19.1. The molecule has 0 saturated carbocycles. The molecular formula is C38H52FN3O3. The number of likely N-dealkylation sites (N-methyl/N-ethyl adjacent to an activating group) is 1. The lowest BCUT2D eigenvalue weighted by molar-refractivity contribution is -0.166. The second-order valence-electron chi connectivity index (χ2n) is 14.2. The van der Waals surface area contributed by atoms with Crippen LogP contribution < -0.4 is 4.90 Å². The molecule has 0 bridgehead atoms. The molecule has 6 nitrogen and oxygen atoms in total. The molecule has 0 amide bonds. The van der Waals surface area contributed by atoms with Gasteiger partial charge in [-0.2, -0.15) is 0 Å². The number of piperidine rings is 1. The van der Waals surface area contributed by atoms with Crippen molar-refractivity contribution in [3.8, 4) is 11.1 Å². The molecule has 244 valence electrons. The standard InChI is InChI=1S/C38H52FN3O3/c1-10-44-36(43)35(45-37(4,5)6)33-27(3)40-26(2)32(34(33)42-23-20-38(7,8)21-24-42)30-15-11-29(12-16-30)25-41(9)22-19-28-13-17-31(39)18-14-28/h11-18,35H,10,19-25H2,1-9H3/t35-/m0/s1. The highest BCUT2D eigenvalue weighted by Gasteiger charge is 2.37. The first kappa shape index (κ1) is 34.6. The van der Waals surface area contributed by atoms with Crippen molar-refractivity contribution in [2.45, 2.75) is 92.9 Å². The predicted octanol–water partition coefficient (Wildman–Crippen LogP) is 8.22. The van der Waals surface area contributed by atoms with Crippen molar-refractivity contribution < 1.29 is 18.7 Å². The largest absolute Gasteiger partial charge is 0.464 e. The Morgan fingerprint density at radius 1 is 1.00 bits per heavy atom. The molecule has 0 radical (unpaired) electrons. The van der Waals surface area contributed by atoms with Crippen molar-refractivity contribution in [3.63, 3.8) is 0 Å². The normalized spacial score (nSPS) is 15.8. The van der Waals surface area contributed by atoms with E-state index in [9.17, 15) is 9.18 Å². The van der Waals surface area contributed by atoms with Crippen molar-refractivity contribution in [1.82, 2.24) is 9.88 Å². The monoisotopic (exact) mass is 617 g/mol. The Morgan fingerprint density at radius 3 is 2.18 bits per heavy atom. The number of carbonyl (C=O) groups excluding carboxylic acids is 1. The Kier molecular flexibility index (Phi) is 11.1. The molecule has 0 N–H and O–H groups in total. The third kappa shape index (κ3) is 9.14. The topological polar surface area (TPSA) is 54.9 Å². The van der Waals surface area contributed by atoms with E-state index in [2.05, 4.69) is 61.9 Å². The quantitative estimate of drug-likeness (QED) is 0.202. The molecule has 1 aliphatic rings. The minimum absolute atomic E-state index is 0.205. The summed E-state index contributed by atoms with van der Waals surface area (Å²) >= 11 is 0. The van der Waals surface area contributed by atoms with Crippen LogP contribution >= 0.6 is 0 Å². The third-order valence-corrected chi connectivity index (χ3v) is 8.64. The fourth-order valence-electron chi connectivity index (χ4n) is 6.10. The van der Waals surface area contributed by atoms with E-state index in [0.717, 1.165) is 84.8 Å². The van der Waals surface area contributed by atoms with Crippen molar-refractivity contribution in [2.75, 3.05) is 38.2 Å². The first-order valence-corrected chi connectivity index (χ1v) is 16.3. The van der Waals surface area contributed by atoms with Crippen molar-refractivity contribution in [3.05, 3.63) is 82.4 Å². The average Bonchev–Trinajstić information content (AvgIpc) is 2.96. The maximum Gasteiger partial charge on any atom is 0.340 e. The first-order valence-electron chi connectivity index (χ1n) is 16.3. The number of halogens is 1. The van der Waals surface area contributed by atoms with Crippen LogP contribution in [0.5, 0.6) is 0 Å². The summed E-state index contributed by atoms with van der Waals surface area (Å²) < 4.78 is 25.3. The van der Waals surface area contributed by atoms with Gasteiger partial charge in [0.1, 0.15) is 5.82 Å². The Bertz CT molecular complexity index is 1440. The number of hydrogen-bond donors (Lipinski definition) is 0. The molecule has 1 atom stereocenters. The molecule has 1 aliphatic heterocycles. The fraction of sp³-hybridized carbons (Fsp3) is 0.526. The van der Waals surface area contributed by atoms with E-state index in [1.54, 1.807) is 0 Å². The molecular weight excluding hydrogens is 565 g/mol. The summed E-state index contributed by atoms with van der Waals surface area (Å²) in [5.41, 5.74) is 7.69. The van der Waals surface area contributed by atoms with Crippen LogP contribution in [-0.4, -0.2) is 54.7 Å². The highest BCUT2D eigenvalue weighted by Crippen LogP contribution is 2.45. The van der Waals surface area contributed by atoms with Gasteiger partial charge in [0.15, 0.2) is 6.10 Å². The number of benzene rings is 2. The van der Waals surface area contributed by atoms with E-state index in [4.69, 9.17) is 14.5 Å². The van der Waals surface area contributed by atoms with Crippen LogP contribution in [0.15, 0.2) is 48.5 Å². The van der Waals surface area contributed by atoms with Gasteiger partial charge in [0.2, 0.25) is 0 Å². The Labute approximate surface area is 269 Å². The van der Waals surface area contributed by atoms with Gasteiger partial charge >= 0.3 is 5.97 Å². The number of aryl methyl sites for hydroxylation is 2. The summed E-state index contributed by atoms with van der Waals surface area (Å²) in [5.74, 6) is -0.589. The zero-order chi connectivity index (χ0) is 32.9. The molecule has 0 aliphatic carbocycles. The summed E-state index contributed by atoms with van der Waals surface area (Å²) in [7, 11) is 2.11. The van der Waals surface area contributed by atoms with Crippen molar-refractivity contribution in [1.29, 1.82) is 0 Å². The van der Waals surface area contributed by atoms with Gasteiger partial charge in [-0.1, -0.05) is 50.2 Å². The molecule has 2 aromatic carbocycles. The summed E-state index contributed by atoms with van der Waals surface area (Å²) in [6, 6.07) is 15.4. The van der Waals surface area contributed by atoms with Gasteiger partial charge in [-0.15, -0.1) is 0 Å². The Hall–Kier alpha value is -3.29. The van der Waals surface area contributed by atoms with E-state index in [1.165, 1.54) is 17.7 Å². The number of aromatic nitrogens is 1. The van der Waals surface area contributed by atoms with Crippen LogP contribution in [-0.2, 0) is 27.2 Å². The molecule has 1 fully saturated rings. The number of hydrogen-bond acceptors (Lipinski definition) is 6. The fourth-order valence-corrected chi connectivity index (χ4v) is 6.10. The molecule has 2 heterocycles. The number of nitrogens with zero attached hydrogens (tertiary/aromatic N) is 3. The van der Waals surface area contributed by atoms with Gasteiger partial charge in [0, 0.05) is 48.7 Å². The lowest BCUT2D eigenvalue weighted by Gasteiger charge is -2.41. The SMILES string of the molecule is CCOC(=O)[C@@H](OC(C)(C)C)c1c(C)nc(C)c(-c2ccc(CN(C)CCc3ccc(F)cc3)cc2)c1N1CCC(C)(C)CC1. The van der Waals surface area contributed by atoms with Crippen LogP contribution in [0, 0.1) is 25.1 Å². The molecule has 7 heteroatoms. The van der Waals surface area contributed by atoms with Gasteiger partial charge in [0.25, 0.3) is 0 Å². The Balaban J connectivity index is 1.71. The van der Waals surface area contributed by atoms with Crippen LogP contribution in [0.2, 0.25) is 0 Å². The van der Waals surface area contributed by atoms with Gasteiger partial charge in [0.05, 0.1) is 17.9 Å². The molecule has 1 saturated heterocycles. The van der Waals surface area contributed by atoms with E-state index in [0.29, 0.717) is 0 Å². The number of ether oxygens (including phenoxy) is 2. The van der Waals surface area contributed by atoms with Gasteiger partial charge in [-0.25, -0.2) is 9.18 Å². The molecule has 3 aromatic rings. The summed E-state index contributed by atoms with van der Waals surface area (Å²) in [6.07, 6.45) is 2.08. The highest BCUT2D eigenvalue weighted by molar-refractivity contribution is 5.88. The van der Waals surface area contributed by atoms with Gasteiger partial charge < -0.3 is 19.3 Å². The molecule has 0 unspecified atom stereocenters. The maximum atomic E-state index is 13.5. The van der Waals surface area contributed by atoms with Gasteiger partial charge in [-0.3, -0.25) is 4.98 Å². The number of anilines is 1. The second kappa shape index (κ2) is 14.4. The molecule has 1 aromatic heterocycles. The summed E-state index contributed by atoms with van der Waals surface area (Å²) in [4.78, 5) is 23.3. The van der Waals surface area contributed by atoms with Crippen LogP contribution in [0.4, 0.5) is 10.1 Å². The van der Waals surface area contributed by atoms with Crippen molar-refractivity contribution in [2.24, 2.45) is 5.41 Å². The van der Waals surface area contributed by atoms with Crippen LogP contribution in [0.1, 0.15) is 88.6 Å². The first-order chi connectivity index (χ1) is 21.2. The van der Waals surface area contributed by atoms with Crippen LogP contribution in [0.25, 0.3) is 11.1 Å². The van der Waals surface area contributed by atoms with Crippen molar-refractivity contribution >= 4 is 11.7 Å². The zero-order valence-corrected chi connectivity index (χ0v) is 28.8. The van der Waals surface area contributed by atoms with E-state index in [1.807, 2.05) is 46.8 Å². The minimum atomic E-state index is -0.893. The minimum Gasteiger partial charge on any atom is -0.464 e. The molecule has 45 heavy (non-hydrogen) atoms. The Morgan fingerprint density at radius 2 is 1.60 bits per heavy atom. The summed E-state index contributed by atoms with van der Waals surface area (Å²) in [5, 5.41) is 0. The lowest BCUT2D eigenvalue weighted by Crippen LogP contribution is -2.39. The maximum absolute atomic E-state index is 13.5. The average molecular weight is 618 g/mol. The third-order valence-electron chi connectivity index (χ3n) is 8.64. The molecule has 0 spiro atoms. The smallest absolute Gasteiger partial charge is 0.340 e. The van der Waals surface area contributed by atoms with Crippen LogP contribution in [0.3, 0.4) is 0 Å². The number of rotatable bonds is 11. The van der Waals surface area contributed by atoms with E-state index < -0.39 is 11.7 Å². The summed E-state index contributed by atoms with van der Waals surface area (Å²) in [6.45, 7) is 20.2. The second-order valence-corrected chi connectivity index (χ2v) is 14.2. The number of carbonyl (C=O) groups is 1. The lowest BCUT2D eigenvalue weighted by atomic mass is 9.81. The number of esters is 1. The predicted molar refractivity (Wildman–Crippen MR) is 181 cm³/mol.